The molecule has 4 aliphatic carbocycles. The molecule has 0 aromatic heterocycles. The van der Waals surface area contributed by atoms with E-state index >= 15 is 0 Å². The van der Waals surface area contributed by atoms with E-state index in [1.807, 2.05) is 6.92 Å². The van der Waals surface area contributed by atoms with E-state index in [1.54, 1.807) is 0 Å². The Bertz CT molecular complexity index is 1340. The van der Waals surface area contributed by atoms with Crippen LogP contribution in [0.4, 0.5) is 0 Å². The molecule has 0 aromatic rings. The third-order valence-electron chi connectivity index (χ3n) is 10.9. The van der Waals surface area contributed by atoms with E-state index in [-0.39, 0.29) is 131 Å². The molecule has 0 aliphatic heterocycles. The van der Waals surface area contributed by atoms with Gasteiger partial charge in [-0.05, 0) is 97.2 Å². The quantitative estimate of drug-likeness (QED) is 0.0953. The van der Waals surface area contributed by atoms with Crippen molar-refractivity contribution in [3.8, 4) is 0 Å². The van der Waals surface area contributed by atoms with Gasteiger partial charge in [-0.25, -0.2) is 25.3 Å². The molecule has 0 spiro atoms. The van der Waals surface area contributed by atoms with Crippen molar-refractivity contribution >= 4 is 31.2 Å². The van der Waals surface area contributed by atoms with Crippen LogP contribution in [-0.2, 0) is 43.7 Å². The minimum Gasteiger partial charge on any atom is -0.726 e. The van der Waals surface area contributed by atoms with E-state index in [0.29, 0.717) is 17.8 Å². The van der Waals surface area contributed by atoms with Gasteiger partial charge in [-0.1, -0.05) is 46.8 Å². The van der Waals surface area contributed by atoms with Crippen LogP contribution in [0.5, 0.6) is 0 Å². The molecular formula is C26H41Na3O12S3. The molecule has 0 amide bonds. The molecule has 238 valence electrons. The molecule has 0 radical (unpaired) electrons. The molecule has 4 saturated carbocycles. The van der Waals surface area contributed by atoms with Crippen LogP contribution in [0.15, 0.2) is 12.2 Å². The van der Waals surface area contributed by atoms with Crippen molar-refractivity contribution in [3.63, 3.8) is 0 Å². The predicted molar refractivity (Wildman–Crippen MR) is 143 cm³/mol. The Kier molecular flexibility index (Phi) is 16.3. The molecule has 0 aromatic carbocycles. The zero-order valence-electron chi connectivity index (χ0n) is 27.0. The maximum atomic E-state index is 11.9. The van der Waals surface area contributed by atoms with Gasteiger partial charge in [0.25, 0.3) is 0 Å². The summed E-state index contributed by atoms with van der Waals surface area (Å²) in [5, 5.41) is 0. The summed E-state index contributed by atoms with van der Waals surface area (Å²) < 4.78 is 119. The van der Waals surface area contributed by atoms with Crippen molar-refractivity contribution < 1.29 is 140 Å². The van der Waals surface area contributed by atoms with Crippen molar-refractivity contribution in [1.82, 2.24) is 0 Å². The summed E-state index contributed by atoms with van der Waals surface area (Å²) in [6.45, 7) is 10.6. The Hall–Kier alpha value is 2.35. The van der Waals surface area contributed by atoms with Gasteiger partial charge in [-0.3, -0.25) is 12.5 Å². The molecule has 4 fully saturated rings. The Morgan fingerprint density at radius 2 is 1.16 bits per heavy atom. The minimum absolute atomic E-state index is 0. The van der Waals surface area contributed by atoms with Crippen LogP contribution in [-0.4, -0.2) is 57.2 Å². The average Bonchev–Trinajstić information content (AvgIpc) is 3.13. The Morgan fingerprint density at radius 1 is 0.659 bits per heavy atom. The van der Waals surface area contributed by atoms with E-state index in [9.17, 15) is 38.9 Å². The van der Waals surface area contributed by atoms with Gasteiger partial charge >= 0.3 is 88.7 Å². The molecule has 4 rings (SSSR count). The van der Waals surface area contributed by atoms with Gasteiger partial charge in [0.05, 0.1) is 6.10 Å². The number of rotatable bonds is 9. The molecule has 44 heavy (non-hydrogen) atoms. The molecule has 0 heterocycles. The van der Waals surface area contributed by atoms with Crippen LogP contribution in [0.3, 0.4) is 0 Å². The molecule has 0 saturated heterocycles. The van der Waals surface area contributed by atoms with Crippen molar-refractivity contribution in [1.29, 1.82) is 0 Å². The minimum atomic E-state index is -5.34. The summed E-state index contributed by atoms with van der Waals surface area (Å²) in [4.78, 5) is 0. The van der Waals surface area contributed by atoms with E-state index < -0.39 is 60.8 Å². The maximum Gasteiger partial charge on any atom is 1.00 e. The number of allylic oxidation sites excluding steroid dienone is 2. The second kappa shape index (κ2) is 16.1. The first kappa shape index (κ1) is 44.4. The third kappa shape index (κ3) is 10.2. The van der Waals surface area contributed by atoms with Gasteiger partial charge in [0.15, 0.2) is 0 Å². The molecule has 3 unspecified atom stereocenters. The molecule has 4 aliphatic rings. The summed E-state index contributed by atoms with van der Waals surface area (Å²) in [7, 11) is -15.8. The van der Waals surface area contributed by atoms with Crippen molar-refractivity contribution in [2.75, 3.05) is 0 Å². The van der Waals surface area contributed by atoms with Crippen LogP contribution in [0, 0.1) is 52.3 Å². The van der Waals surface area contributed by atoms with E-state index in [1.165, 1.54) is 0 Å². The summed E-state index contributed by atoms with van der Waals surface area (Å²) >= 11 is 0. The predicted octanol–water partition coefficient (Wildman–Crippen LogP) is -5.74. The fourth-order valence-corrected chi connectivity index (χ4v) is 11.0. The maximum absolute atomic E-state index is 11.9. The Labute approximate surface area is 329 Å². The number of hydrogen-bond donors (Lipinski definition) is 0. The average molecular weight is 711 g/mol. The van der Waals surface area contributed by atoms with Crippen molar-refractivity contribution in [2.24, 2.45) is 52.3 Å². The summed E-state index contributed by atoms with van der Waals surface area (Å²) in [5.41, 5.74) is -0.958. The Balaban J connectivity index is 0.00000323. The Morgan fingerprint density at radius 3 is 1.68 bits per heavy atom. The van der Waals surface area contributed by atoms with Crippen LogP contribution in [0.1, 0.15) is 79.6 Å². The van der Waals surface area contributed by atoms with Gasteiger partial charge in [-0.15, -0.1) is 0 Å². The normalized spacial score (nSPS) is 39.7. The van der Waals surface area contributed by atoms with Crippen LogP contribution in [0.2, 0.25) is 0 Å². The van der Waals surface area contributed by atoms with Gasteiger partial charge in [-0.2, -0.15) is 0 Å². The fraction of sp³-hybridized carbons (Fsp3) is 0.923. The summed E-state index contributed by atoms with van der Waals surface area (Å²) in [6, 6.07) is 0. The fourth-order valence-electron chi connectivity index (χ4n) is 9.45. The van der Waals surface area contributed by atoms with E-state index in [4.69, 9.17) is 8.37 Å². The van der Waals surface area contributed by atoms with Gasteiger partial charge < -0.3 is 13.7 Å². The molecular weight excluding hydrogens is 669 g/mol. The van der Waals surface area contributed by atoms with Gasteiger partial charge in [0, 0.05) is 0 Å². The number of hydrogen-bond acceptors (Lipinski definition) is 12. The van der Waals surface area contributed by atoms with Crippen molar-refractivity contribution in [2.45, 2.75) is 97.9 Å². The molecule has 0 N–H and O–H groups in total. The van der Waals surface area contributed by atoms with Crippen LogP contribution >= 0.6 is 0 Å². The second-order valence-corrected chi connectivity index (χ2v) is 16.5. The first-order valence-electron chi connectivity index (χ1n) is 14.2. The molecule has 0 bridgehead atoms. The van der Waals surface area contributed by atoms with E-state index in [2.05, 4.69) is 44.0 Å². The molecule has 18 heteroatoms. The molecule has 12 nitrogen and oxygen atoms in total. The smallest absolute Gasteiger partial charge is 0.726 e. The first-order valence-corrected chi connectivity index (χ1v) is 18.2. The van der Waals surface area contributed by atoms with Crippen LogP contribution < -0.4 is 88.7 Å². The van der Waals surface area contributed by atoms with Gasteiger partial charge in [0.1, 0.15) is 12.2 Å². The monoisotopic (exact) mass is 710 g/mol. The zero-order valence-corrected chi connectivity index (χ0v) is 35.5. The number of fused-ring (bicyclic) bond motifs is 5. The largest absolute Gasteiger partial charge is 1.00 e. The van der Waals surface area contributed by atoms with Crippen LogP contribution in [0.25, 0.3) is 0 Å². The van der Waals surface area contributed by atoms with Gasteiger partial charge in [0.2, 0.25) is 31.2 Å². The SMILES string of the molecule is CC(C)/C=C/[C@@H](C)[C@H]1CCC2C3C[C@H](OS(=O)(=O)[O-])[C@H]4C[C@H](OS(=O)(=O)[O-])[C@@H](OS(=O)(=O)[O-])C[C@]4(C)C3CC[C@@]21C.[Na+].[Na+].[Na+]. The van der Waals surface area contributed by atoms with Crippen molar-refractivity contribution in [3.05, 3.63) is 12.2 Å². The molecule has 11 atom stereocenters. The standard InChI is InChI=1S/C26H44O12S3.3Na/c1-15(2)6-7-16(3)18-8-9-19-17-12-22(36-39(27,28)29)21-13-23(37-40(30,31)32)24(38-41(33,34)35)14-26(21,5)20(17)10-11-25(18,19)4;;;/h6-7,15-24H,8-14H2,1-5H3,(H,27,28,29)(H,30,31,32)(H,33,34,35);;;/q;3*+1/p-3/b7-6+;;;/t16-,17?,18-,19?,20?,21-,22+,23+,24+,25-,26-;;;/m1.../s1. The first-order chi connectivity index (χ1) is 18.6. The zero-order chi connectivity index (χ0) is 30.8. The van der Waals surface area contributed by atoms with E-state index in [0.717, 1.165) is 25.7 Å². The topological polar surface area (TPSA) is 199 Å². The third-order valence-corrected chi connectivity index (χ3v) is 12.3. The second-order valence-electron chi connectivity index (χ2n) is 13.5. The summed E-state index contributed by atoms with van der Waals surface area (Å²) in [5.74, 6) is 0.393. The summed E-state index contributed by atoms with van der Waals surface area (Å²) in [6.07, 6.45) is 3.24.